The van der Waals surface area contributed by atoms with E-state index >= 15 is 0 Å². The predicted molar refractivity (Wildman–Crippen MR) is 84.1 cm³/mol. The topological polar surface area (TPSA) is 0 Å². The molecule has 0 amide bonds. The van der Waals surface area contributed by atoms with Crippen molar-refractivity contribution in [2.24, 2.45) is 0 Å². The maximum atomic E-state index is 2.53. The summed E-state index contributed by atoms with van der Waals surface area (Å²) in [5.74, 6) is 0. The Balaban J connectivity index is 4.43. The Kier molecular flexibility index (Phi) is 4.59. The van der Waals surface area contributed by atoms with Crippen LogP contribution >= 0.6 is 122 Å². The molecule has 0 spiro atoms. The van der Waals surface area contributed by atoms with Crippen LogP contribution in [0.1, 0.15) is 0 Å². The van der Waals surface area contributed by atoms with Crippen LogP contribution < -0.4 is 0 Å². The van der Waals surface area contributed by atoms with Crippen LogP contribution in [0.3, 0.4) is 0 Å². The van der Waals surface area contributed by atoms with Crippen LogP contribution in [0.4, 0.5) is 0 Å². The van der Waals surface area contributed by atoms with E-state index in [1.807, 2.05) is 0 Å². The molecule has 50 valence electrons. The third kappa shape index (κ3) is 36.0. The van der Waals surface area contributed by atoms with Gasteiger partial charge in [-0.25, -0.2) is 0 Å². The summed E-state index contributed by atoms with van der Waals surface area (Å²) in [6.07, 6.45) is 0. The standard InChI is InChI=1S/Fe.6HI/h;6*1H/q+6;;;;;;/p-6. The first-order valence-corrected chi connectivity index (χ1v) is 22.2. The molecule has 7 heavy (non-hydrogen) atoms. The average Bonchev–Trinajstić information content (AvgIpc) is 0.592. The molecular weight excluding hydrogens is 817 g/mol. The number of hydrogen-bond donors (Lipinski definition) is 0. The second-order valence-corrected chi connectivity index (χ2v) is 141. The molecule has 0 nitrogen and oxygen atoms in total. The molecule has 0 aliphatic rings. The normalized spacial score (nSPS) is 23.1. The third-order valence-corrected chi connectivity index (χ3v) is 0. The van der Waals surface area contributed by atoms with Gasteiger partial charge in [0, 0.05) is 0 Å². The van der Waals surface area contributed by atoms with Crippen molar-refractivity contribution in [2.75, 3.05) is 0 Å². The zero-order valence-corrected chi connectivity index (χ0v) is 16.7. The summed E-state index contributed by atoms with van der Waals surface area (Å²) in [5, 5.41) is 0. The van der Waals surface area contributed by atoms with Gasteiger partial charge in [-0.15, -0.1) is 0 Å². The Bertz CT molecular complexity index is 62.7. The Morgan fingerprint density at radius 3 is 0.571 bits per heavy atom. The first-order chi connectivity index (χ1) is 2.45. The fraction of sp³-hybridized carbons (Fsp3) is 0. The fourth-order valence-corrected chi connectivity index (χ4v) is 0. The van der Waals surface area contributed by atoms with Crippen LogP contribution in [-0.2, 0) is -8.77 Å². The third-order valence-electron chi connectivity index (χ3n) is 0. The van der Waals surface area contributed by atoms with Gasteiger partial charge in [-0.3, -0.25) is 0 Å². The molecule has 0 aromatic heterocycles. The first kappa shape index (κ1) is 11.9. The molecule has 0 saturated carbocycles. The van der Waals surface area contributed by atoms with Crippen molar-refractivity contribution >= 4 is 122 Å². The zero-order chi connectivity index (χ0) is 6.41. The molecule has 0 aliphatic heterocycles. The Labute approximate surface area is 109 Å². The van der Waals surface area contributed by atoms with E-state index in [9.17, 15) is 0 Å². The minimum absolute atomic E-state index is 1.93. The van der Waals surface area contributed by atoms with Gasteiger partial charge in [0.25, 0.3) is 0 Å². The molecule has 0 unspecified atom stereocenters. The van der Waals surface area contributed by atoms with Gasteiger partial charge in [-0.1, -0.05) is 0 Å². The van der Waals surface area contributed by atoms with E-state index in [1.54, 1.807) is 0 Å². The molecule has 0 aromatic rings. The summed E-state index contributed by atoms with van der Waals surface area (Å²) in [5.41, 5.74) is 0. The van der Waals surface area contributed by atoms with Crippen LogP contribution in [0, 0.1) is 0 Å². The Hall–Kier alpha value is 4.90. The summed E-state index contributed by atoms with van der Waals surface area (Å²) >= 11 is 15.2. The van der Waals surface area contributed by atoms with Crippen LogP contribution in [0.15, 0.2) is 0 Å². The first-order valence-electron chi connectivity index (χ1n) is 0.802. The van der Waals surface area contributed by atoms with Crippen molar-refractivity contribution in [1.82, 2.24) is 0 Å². The van der Waals surface area contributed by atoms with Crippen molar-refractivity contribution in [3.8, 4) is 0 Å². The van der Waals surface area contributed by atoms with Crippen LogP contribution in [0.25, 0.3) is 0 Å². The van der Waals surface area contributed by atoms with E-state index in [2.05, 4.69) is 122 Å². The monoisotopic (exact) mass is 817 g/mol. The zero-order valence-electron chi connectivity index (χ0n) is 2.62. The second kappa shape index (κ2) is 2.70. The quantitative estimate of drug-likeness (QED) is 0.230. The van der Waals surface area contributed by atoms with Crippen molar-refractivity contribution in [3.05, 3.63) is 0 Å². The fourth-order valence-electron chi connectivity index (χ4n) is 0. The minimum atomic E-state index is -1.93. The van der Waals surface area contributed by atoms with Crippen molar-refractivity contribution < 1.29 is -8.77 Å². The molecule has 0 fully saturated rings. The number of halogens is 6. The van der Waals surface area contributed by atoms with Gasteiger partial charge < -0.3 is 0 Å². The molecule has 7 heteroatoms. The van der Waals surface area contributed by atoms with E-state index in [1.165, 1.54) is 0 Å². The molecule has 0 aliphatic carbocycles. The van der Waals surface area contributed by atoms with Crippen LogP contribution in [0.2, 0.25) is 0 Å². The maximum absolute atomic E-state index is 2.53. The molecule has 0 N–H and O–H groups in total. The summed E-state index contributed by atoms with van der Waals surface area (Å²) in [6, 6.07) is 0. The number of rotatable bonds is 0. The van der Waals surface area contributed by atoms with Crippen LogP contribution in [0.5, 0.6) is 0 Å². The molecule has 0 rings (SSSR count). The van der Waals surface area contributed by atoms with Crippen molar-refractivity contribution in [1.29, 1.82) is 0 Å². The molecular formula is FeI6. The van der Waals surface area contributed by atoms with Gasteiger partial charge in [0.1, 0.15) is 0 Å². The van der Waals surface area contributed by atoms with Gasteiger partial charge in [0.05, 0.1) is 0 Å². The molecule has 0 saturated heterocycles. The molecule has 0 bridgehead atoms. The van der Waals surface area contributed by atoms with Crippen LogP contribution in [-0.4, -0.2) is 0 Å². The van der Waals surface area contributed by atoms with E-state index in [0.717, 1.165) is 0 Å². The molecule has 0 radical (unpaired) electrons. The molecule has 0 heterocycles. The number of hydrogen-bond acceptors (Lipinski definition) is 0. The van der Waals surface area contributed by atoms with Crippen molar-refractivity contribution in [3.63, 3.8) is 0 Å². The van der Waals surface area contributed by atoms with Gasteiger partial charge in [-0.2, -0.15) is 0 Å². The average molecular weight is 817 g/mol. The Morgan fingerprint density at radius 2 is 0.571 bits per heavy atom. The van der Waals surface area contributed by atoms with Gasteiger partial charge in [-0.05, 0) is 0 Å². The molecule has 0 atom stereocenters. The van der Waals surface area contributed by atoms with Crippen molar-refractivity contribution in [2.45, 2.75) is 0 Å². The molecule has 0 aromatic carbocycles. The van der Waals surface area contributed by atoms with Gasteiger partial charge >= 0.3 is 113 Å². The summed E-state index contributed by atoms with van der Waals surface area (Å²) < 4.78 is -1.93. The summed E-state index contributed by atoms with van der Waals surface area (Å²) in [7, 11) is 0. The van der Waals surface area contributed by atoms with Gasteiger partial charge in [0.15, 0.2) is 0 Å². The van der Waals surface area contributed by atoms with E-state index in [-0.39, 0.29) is 0 Å². The summed E-state index contributed by atoms with van der Waals surface area (Å²) in [6.45, 7) is 0. The Morgan fingerprint density at radius 1 is 0.571 bits per heavy atom. The van der Waals surface area contributed by atoms with E-state index < -0.39 is -8.77 Å². The predicted octanol–water partition coefficient (Wildman–Crippen LogP) is 5.31. The van der Waals surface area contributed by atoms with Gasteiger partial charge in [0.2, 0.25) is 0 Å². The van der Waals surface area contributed by atoms with E-state index in [0.29, 0.717) is 0 Å². The van der Waals surface area contributed by atoms with E-state index in [4.69, 9.17) is 0 Å². The second-order valence-electron chi connectivity index (χ2n) is 0.758. The summed E-state index contributed by atoms with van der Waals surface area (Å²) in [4.78, 5) is 0. The SMILES string of the molecule is [I][Fe]([I])([I])([I])([I])[I].